The van der Waals surface area contributed by atoms with E-state index in [0.29, 0.717) is 32.6 Å². The van der Waals surface area contributed by atoms with Gasteiger partial charge in [0.2, 0.25) is 5.91 Å². The average molecular weight is 409 g/mol. The van der Waals surface area contributed by atoms with E-state index in [0.717, 1.165) is 28.9 Å². The van der Waals surface area contributed by atoms with E-state index in [-0.39, 0.29) is 18.4 Å². The van der Waals surface area contributed by atoms with Gasteiger partial charge < -0.3 is 14.5 Å². The molecule has 0 bridgehead atoms. The second-order valence-corrected chi connectivity index (χ2v) is 8.19. The number of aryl methyl sites for hydroxylation is 4. The topological polar surface area (TPSA) is 49.9 Å². The molecule has 0 atom stereocenters. The summed E-state index contributed by atoms with van der Waals surface area (Å²) in [5, 5.41) is 0. The van der Waals surface area contributed by atoms with Crippen LogP contribution in [0, 0.1) is 27.7 Å². The normalized spacial score (nSPS) is 14.0. The average Bonchev–Trinajstić information content (AvgIpc) is 2.75. The van der Waals surface area contributed by atoms with Crippen LogP contribution in [0.2, 0.25) is 0 Å². The minimum atomic E-state index is -0.0259. The molecule has 2 aromatic rings. The van der Waals surface area contributed by atoms with Gasteiger partial charge in [-0.2, -0.15) is 0 Å². The maximum atomic E-state index is 12.6. The monoisotopic (exact) mass is 408 g/mol. The third kappa shape index (κ3) is 5.41. The summed E-state index contributed by atoms with van der Waals surface area (Å²) in [7, 11) is 0. The van der Waals surface area contributed by atoms with Gasteiger partial charge in [-0.25, -0.2) is 0 Å². The van der Waals surface area contributed by atoms with E-state index in [1.807, 2.05) is 31.7 Å². The molecule has 2 aromatic carbocycles. The third-order valence-electron chi connectivity index (χ3n) is 5.95. The van der Waals surface area contributed by atoms with Crippen LogP contribution in [-0.2, 0) is 16.0 Å². The lowest BCUT2D eigenvalue weighted by molar-refractivity contribution is -0.140. The lowest BCUT2D eigenvalue weighted by atomic mass is 10.1. The van der Waals surface area contributed by atoms with Crippen LogP contribution in [0.3, 0.4) is 0 Å². The number of nitrogens with zero attached hydrogens (tertiary/aromatic N) is 2. The second kappa shape index (κ2) is 9.79. The first-order chi connectivity index (χ1) is 14.3. The van der Waals surface area contributed by atoms with Crippen molar-refractivity contribution in [1.29, 1.82) is 0 Å². The predicted octanol–water partition coefficient (Wildman–Crippen LogP) is 3.60. The summed E-state index contributed by atoms with van der Waals surface area (Å²) in [5.41, 5.74) is 5.67. The fourth-order valence-corrected chi connectivity index (χ4v) is 3.74. The highest BCUT2D eigenvalue weighted by Gasteiger charge is 2.24. The number of ether oxygens (including phenoxy) is 1. The van der Waals surface area contributed by atoms with Gasteiger partial charge >= 0.3 is 0 Å². The van der Waals surface area contributed by atoms with Crippen molar-refractivity contribution in [3.8, 4) is 5.75 Å². The molecule has 0 radical (unpaired) electrons. The highest BCUT2D eigenvalue weighted by atomic mass is 16.5. The van der Waals surface area contributed by atoms with Crippen LogP contribution >= 0.6 is 0 Å². The van der Waals surface area contributed by atoms with Crippen molar-refractivity contribution in [3.63, 3.8) is 0 Å². The Balaban J connectivity index is 1.44. The molecule has 1 fully saturated rings. The van der Waals surface area contributed by atoms with Gasteiger partial charge in [0.05, 0.1) is 0 Å². The molecule has 30 heavy (non-hydrogen) atoms. The number of piperazine rings is 1. The van der Waals surface area contributed by atoms with Gasteiger partial charge in [-0.15, -0.1) is 0 Å². The van der Waals surface area contributed by atoms with E-state index >= 15 is 0 Å². The molecule has 2 amide bonds. The summed E-state index contributed by atoms with van der Waals surface area (Å²) in [6.07, 6.45) is 1.26. The quantitative estimate of drug-likeness (QED) is 0.734. The van der Waals surface area contributed by atoms with Crippen LogP contribution in [0.5, 0.6) is 5.75 Å². The Labute approximate surface area is 179 Å². The predicted molar refractivity (Wildman–Crippen MR) is 119 cm³/mol. The Hall–Kier alpha value is -2.82. The Bertz CT molecular complexity index is 897. The number of benzene rings is 2. The first kappa shape index (κ1) is 21.9. The first-order valence-electron chi connectivity index (χ1n) is 10.7. The SMILES string of the molecule is Cc1ccc(CCC(=O)N2CCN(C(=O)COc3c(C)ccc(C)c3C)CC2)cc1. The van der Waals surface area contributed by atoms with Gasteiger partial charge in [-0.05, 0) is 56.4 Å². The number of carbonyl (C=O) groups is 2. The number of rotatable bonds is 6. The fourth-order valence-electron chi connectivity index (χ4n) is 3.74. The van der Waals surface area contributed by atoms with Crippen molar-refractivity contribution in [3.05, 3.63) is 64.2 Å². The van der Waals surface area contributed by atoms with Gasteiger partial charge in [0.25, 0.3) is 5.91 Å². The van der Waals surface area contributed by atoms with Gasteiger partial charge in [-0.1, -0.05) is 42.0 Å². The zero-order valence-electron chi connectivity index (χ0n) is 18.5. The number of hydrogen-bond acceptors (Lipinski definition) is 3. The minimum absolute atomic E-state index is 0.0259. The summed E-state index contributed by atoms with van der Waals surface area (Å²) in [6.45, 7) is 10.4. The van der Waals surface area contributed by atoms with Gasteiger partial charge in [0, 0.05) is 32.6 Å². The lowest BCUT2D eigenvalue weighted by Crippen LogP contribution is -2.51. The first-order valence-corrected chi connectivity index (χ1v) is 10.7. The molecule has 160 valence electrons. The van der Waals surface area contributed by atoms with Crippen LogP contribution < -0.4 is 4.74 Å². The maximum Gasteiger partial charge on any atom is 0.260 e. The second-order valence-electron chi connectivity index (χ2n) is 8.19. The molecule has 0 unspecified atom stereocenters. The highest BCUT2D eigenvalue weighted by Crippen LogP contribution is 2.25. The summed E-state index contributed by atoms with van der Waals surface area (Å²) in [4.78, 5) is 28.8. The Morgan fingerprint density at radius 3 is 2.00 bits per heavy atom. The van der Waals surface area contributed by atoms with E-state index < -0.39 is 0 Å². The van der Waals surface area contributed by atoms with Gasteiger partial charge in [-0.3, -0.25) is 9.59 Å². The summed E-state index contributed by atoms with van der Waals surface area (Å²) in [6, 6.07) is 12.4. The largest absolute Gasteiger partial charge is 0.483 e. The minimum Gasteiger partial charge on any atom is -0.483 e. The molecule has 1 heterocycles. The van der Waals surface area contributed by atoms with E-state index in [9.17, 15) is 9.59 Å². The summed E-state index contributed by atoms with van der Waals surface area (Å²) >= 11 is 0. The molecule has 0 N–H and O–H groups in total. The molecule has 1 saturated heterocycles. The summed E-state index contributed by atoms with van der Waals surface area (Å²) < 4.78 is 5.86. The molecule has 0 aliphatic carbocycles. The van der Waals surface area contributed by atoms with Crippen LogP contribution in [0.1, 0.15) is 34.2 Å². The smallest absolute Gasteiger partial charge is 0.260 e. The van der Waals surface area contributed by atoms with Crippen LogP contribution in [0.15, 0.2) is 36.4 Å². The standard InChI is InChI=1S/C25H32N2O3/c1-18-5-9-22(10-6-18)11-12-23(28)26-13-15-27(16-14-26)24(29)17-30-25-20(3)8-7-19(2)21(25)4/h5-10H,11-17H2,1-4H3. The van der Waals surface area contributed by atoms with Crippen molar-refractivity contribution in [1.82, 2.24) is 9.80 Å². The zero-order valence-corrected chi connectivity index (χ0v) is 18.5. The van der Waals surface area contributed by atoms with E-state index in [1.54, 1.807) is 4.90 Å². The van der Waals surface area contributed by atoms with Crippen LogP contribution in [0.4, 0.5) is 0 Å². The van der Waals surface area contributed by atoms with E-state index in [1.165, 1.54) is 11.1 Å². The molecule has 0 spiro atoms. The highest BCUT2D eigenvalue weighted by molar-refractivity contribution is 5.79. The molecular formula is C25H32N2O3. The van der Waals surface area contributed by atoms with Gasteiger partial charge in [0.15, 0.2) is 6.61 Å². The molecule has 1 aliphatic rings. The van der Waals surface area contributed by atoms with Crippen LogP contribution in [0.25, 0.3) is 0 Å². The zero-order chi connectivity index (χ0) is 21.7. The van der Waals surface area contributed by atoms with Crippen molar-refractivity contribution in [2.45, 2.75) is 40.5 Å². The molecule has 3 rings (SSSR count). The lowest BCUT2D eigenvalue weighted by Gasteiger charge is -2.35. The number of hydrogen-bond donors (Lipinski definition) is 0. The van der Waals surface area contributed by atoms with Crippen molar-refractivity contribution < 1.29 is 14.3 Å². The van der Waals surface area contributed by atoms with Crippen molar-refractivity contribution in [2.24, 2.45) is 0 Å². The molecule has 5 nitrogen and oxygen atoms in total. The van der Waals surface area contributed by atoms with Crippen molar-refractivity contribution in [2.75, 3.05) is 32.8 Å². The van der Waals surface area contributed by atoms with E-state index in [4.69, 9.17) is 4.74 Å². The Morgan fingerprint density at radius 2 is 1.37 bits per heavy atom. The Morgan fingerprint density at radius 1 is 0.800 bits per heavy atom. The fraction of sp³-hybridized carbons (Fsp3) is 0.440. The number of carbonyl (C=O) groups excluding carboxylic acids is 2. The number of amides is 2. The molecule has 0 aromatic heterocycles. The Kier molecular flexibility index (Phi) is 7.14. The van der Waals surface area contributed by atoms with Gasteiger partial charge in [0.1, 0.15) is 5.75 Å². The molecule has 5 heteroatoms. The maximum absolute atomic E-state index is 12.6. The third-order valence-corrected chi connectivity index (χ3v) is 5.95. The van der Waals surface area contributed by atoms with Crippen LogP contribution in [-0.4, -0.2) is 54.4 Å². The molecule has 1 aliphatic heterocycles. The molecule has 0 saturated carbocycles. The molecular weight excluding hydrogens is 376 g/mol. The van der Waals surface area contributed by atoms with E-state index in [2.05, 4.69) is 37.3 Å². The van der Waals surface area contributed by atoms with Crippen molar-refractivity contribution >= 4 is 11.8 Å². The summed E-state index contributed by atoms with van der Waals surface area (Å²) in [5.74, 6) is 0.931.